The number of alkyl halides is 3. The molecular weight excluding hydrogens is 293 g/mol. The van der Waals surface area contributed by atoms with Gasteiger partial charge in [0.15, 0.2) is 0 Å². The number of carbonyl (C=O) groups excluding carboxylic acids is 1. The second kappa shape index (κ2) is 6.69. The second-order valence-electron chi connectivity index (χ2n) is 5.91. The molecule has 1 unspecified atom stereocenters. The fourth-order valence-electron chi connectivity index (χ4n) is 2.75. The Labute approximate surface area is 128 Å². The van der Waals surface area contributed by atoms with E-state index in [4.69, 9.17) is 0 Å². The summed E-state index contributed by atoms with van der Waals surface area (Å²) >= 11 is 0. The average Bonchev–Trinajstić information content (AvgIpc) is 2.43. The monoisotopic (exact) mass is 314 g/mol. The van der Waals surface area contributed by atoms with Crippen LogP contribution in [0.15, 0.2) is 18.2 Å². The Morgan fingerprint density at radius 1 is 1.36 bits per heavy atom. The van der Waals surface area contributed by atoms with Crippen LogP contribution in [0.5, 0.6) is 0 Å². The Morgan fingerprint density at radius 2 is 2.09 bits per heavy atom. The molecular formula is C16H21F3N2O. The molecule has 2 rings (SSSR count). The molecule has 1 N–H and O–H groups in total. The summed E-state index contributed by atoms with van der Waals surface area (Å²) in [6.07, 6.45) is -3.55. The Balaban J connectivity index is 1.93. The smallest absolute Gasteiger partial charge is 0.325 e. The van der Waals surface area contributed by atoms with Crippen molar-refractivity contribution in [3.63, 3.8) is 0 Å². The first-order valence-electron chi connectivity index (χ1n) is 7.42. The van der Waals surface area contributed by atoms with Gasteiger partial charge in [-0.05, 0) is 50.4 Å². The fraction of sp³-hybridized carbons (Fsp3) is 0.562. The van der Waals surface area contributed by atoms with Crippen molar-refractivity contribution in [2.24, 2.45) is 5.92 Å². The molecule has 1 aliphatic heterocycles. The van der Waals surface area contributed by atoms with E-state index in [0.29, 0.717) is 13.0 Å². The summed E-state index contributed by atoms with van der Waals surface area (Å²) in [4.78, 5) is 13.7. The quantitative estimate of drug-likeness (QED) is 0.926. The predicted molar refractivity (Wildman–Crippen MR) is 79.8 cm³/mol. The van der Waals surface area contributed by atoms with Crippen LogP contribution in [-0.2, 0) is 4.79 Å². The summed E-state index contributed by atoms with van der Waals surface area (Å²) in [7, 11) is 0. The van der Waals surface area contributed by atoms with Gasteiger partial charge in [0, 0.05) is 12.2 Å². The van der Waals surface area contributed by atoms with Gasteiger partial charge in [0.05, 0.1) is 12.5 Å². The molecule has 1 fully saturated rings. The zero-order chi connectivity index (χ0) is 16.3. The van der Waals surface area contributed by atoms with E-state index in [2.05, 4.69) is 5.32 Å². The molecule has 122 valence electrons. The summed E-state index contributed by atoms with van der Waals surface area (Å²) in [5, 5.41) is 2.79. The van der Waals surface area contributed by atoms with Gasteiger partial charge in [-0.15, -0.1) is 0 Å². The van der Waals surface area contributed by atoms with Crippen LogP contribution >= 0.6 is 0 Å². The number of hydrogen-bond donors (Lipinski definition) is 1. The maximum atomic E-state index is 12.8. The number of rotatable bonds is 3. The largest absolute Gasteiger partial charge is 0.393 e. The number of aryl methyl sites for hydroxylation is 1. The predicted octanol–water partition coefficient (Wildman–Crippen LogP) is 3.52. The minimum atomic E-state index is -4.18. The van der Waals surface area contributed by atoms with Gasteiger partial charge in [-0.3, -0.25) is 9.69 Å². The summed E-state index contributed by atoms with van der Waals surface area (Å²) in [5.74, 6) is -1.59. The number of carbonyl (C=O) groups is 1. The zero-order valence-corrected chi connectivity index (χ0v) is 12.8. The van der Waals surface area contributed by atoms with Gasteiger partial charge in [-0.2, -0.15) is 13.2 Å². The molecule has 1 atom stereocenters. The number of benzene rings is 1. The highest BCUT2D eigenvalue weighted by Gasteiger charge is 2.41. The summed E-state index contributed by atoms with van der Waals surface area (Å²) in [6, 6.07) is 5.59. The Bertz CT molecular complexity index is 543. The lowest BCUT2D eigenvalue weighted by Crippen LogP contribution is -2.44. The van der Waals surface area contributed by atoms with Gasteiger partial charge < -0.3 is 5.32 Å². The van der Waals surface area contributed by atoms with E-state index in [1.807, 2.05) is 26.0 Å². The van der Waals surface area contributed by atoms with Gasteiger partial charge >= 0.3 is 6.18 Å². The topological polar surface area (TPSA) is 32.3 Å². The van der Waals surface area contributed by atoms with Crippen LogP contribution in [0.4, 0.5) is 18.9 Å². The Hall–Kier alpha value is -1.56. The van der Waals surface area contributed by atoms with E-state index in [1.165, 1.54) is 0 Å². The van der Waals surface area contributed by atoms with Gasteiger partial charge in [0.1, 0.15) is 0 Å². The van der Waals surface area contributed by atoms with Gasteiger partial charge in [0.2, 0.25) is 5.91 Å². The third-order valence-corrected chi connectivity index (χ3v) is 4.21. The lowest BCUT2D eigenvalue weighted by atomic mass is 9.97. The number of anilines is 1. The molecule has 1 saturated heterocycles. The van der Waals surface area contributed by atoms with Crippen molar-refractivity contribution in [3.05, 3.63) is 29.3 Å². The van der Waals surface area contributed by atoms with E-state index >= 15 is 0 Å². The first-order chi connectivity index (χ1) is 10.3. The molecule has 0 aromatic heterocycles. The third-order valence-electron chi connectivity index (χ3n) is 4.21. The first kappa shape index (κ1) is 16.8. The number of halogens is 3. The maximum Gasteiger partial charge on any atom is 0.393 e. The molecule has 1 aromatic carbocycles. The molecule has 1 amide bonds. The third kappa shape index (κ3) is 4.22. The molecule has 1 aromatic rings. The number of nitrogens with zero attached hydrogens (tertiary/aromatic N) is 1. The lowest BCUT2D eigenvalue weighted by molar-refractivity contribution is -0.186. The van der Waals surface area contributed by atoms with Gasteiger partial charge in [0.25, 0.3) is 0 Å². The van der Waals surface area contributed by atoms with Crippen molar-refractivity contribution < 1.29 is 18.0 Å². The first-order valence-corrected chi connectivity index (χ1v) is 7.42. The molecule has 1 heterocycles. The van der Waals surface area contributed by atoms with E-state index in [0.717, 1.165) is 16.8 Å². The number of likely N-dealkylation sites (tertiary alicyclic amines) is 1. The molecule has 0 saturated carbocycles. The van der Waals surface area contributed by atoms with E-state index in [-0.39, 0.29) is 25.4 Å². The number of piperidine rings is 1. The standard InChI is InChI=1S/C16H21F3N2O/c1-11-5-3-7-14(12(11)2)20-15(22)10-21-8-4-6-13(9-21)16(17,18)19/h3,5,7,13H,4,6,8-10H2,1-2H3,(H,20,22). The number of amides is 1. The molecule has 6 heteroatoms. The van der Waals surface area contributed by atoms with Crippen molar-refractivity contribution in [3.8, 4) is 0 Å². The SMILES string of the molecule is Cc1cccc(NC(=O)CN2CCCC(C(F)(F)F)C2)c1C. The van der Waals surface area contributed by atoms with E-state index in [1.54, 1.807) is 11.0 Å². The van der Waals surface area contributed by atoms with E-state index < -0.39 is 12.1 Å². The van der Waals surface area contributed by atoms with Crippen LogP contribution in [0.25, 0.3) is 0 Å². The molecule has 1 aliphatic rings. The molecule has 0 spiro atoms. The summed E-state index contributed by atoms with van der Waals surface area (Å²) < 4.78 is 38.3. The fourth-order valence-corrected chi connectivity index (χ4v) is 2.75. The highest BCUT2D eigenvalue weighted by Crippen LogP contribution is 2.33. The molecule has 0 bridgehead atoms. The van der Waals surface area contributed by atoms with Crippen molar-refractivity contribution in [2.75, 3.05) is 25.0 Å². The number of hydrogen-bond acceptors (Lipinski definition) is 2. The lowest BCUT2D eigenvalue weighted by Gasteiger charge is -2.33. The van der Waals surface area contributed by atoms with Crippen LogP contribution in [0.1, 0.15) is 24.0 Å². The van der Waals surface area contributed by atoms with Crippen molar-refractivity contribution in [1.82, 2.24) is 4.90 Å². The van der Waals surface area contributed by atoms with Gasteiger partial charge in [-0.1, -0.05) is 12.1 Å². The minimum Gasteiger partial charge on any atom is -0.325 e. The molecule has 0 aliphatic carbocycles. The molecule has 0 radical (unpaired) electrons. The zero-order valence-electron chi connectivity index (χ0n) is 12.8. The number of nitrogens with one attached hydrogen (secondary N) is 1. The summed E-state index contributed by atoms with van der Waals surface area (Å²) in [5.41, 5.74) is 2.75. The highest BCUT2D eigenvalue weighted by atomic mass is 19.4. The van der Waals surface area contributed by atoms with Crippen LogP contribution in [0, 0.1) is 19.8 Å². The Morgan fingerprint density at radius 3 is 2.77 bits per heavy atom. The normalized spacial score (nSPS) is 20.0. The van der Waals surface area contributed by atoms with Crippen LogP contribution in [-0.4, -0.2) is 36.6 Å². The Kier molecular flexibility index (Phi) is 5.11. The highest BCUT2D eigenvalue weighted by molar-refractivity contribution is 5.93. The summed E-state index contributed by atoms with van der Waals surface area (Å²) in [6.45, 7) is 4.30. The molecule has 3 nitrogen and oxygen atoms in total. The maximum absolute atomic E-state index is 12.8. The van der Waals surface area contributed by atoms with Crippen LogP contribution in [0.2, 0.25) is 0 Å². The van der Waals surface area contributed by atoms with Crippen molar-refractivity contribution in [2.45, 2.75) is 32.9 Å². The second-order valence-corrected chi connectivity index (χ2v) is 5.91. The van der Waals surface area contributed by atoms with Crippen LogP contribution in [0.3, 0.4) is 0 Å². The average molecular weight is 314 g/mol. The van der Waals surface area contributed by atoms with Gasteiger partial charge in [-0.25, -0.2) is 0 Å². The molecule has 22 heavy (non-hydrogen) atoms. The van der Waals surface area contributed by atoms with Crippen molar-refractivity contribution in [1.29, 1.82) is 0 Å². The van der Waals surface area contributed by atoms with Crippen molar-refractivity contribution >= 4 is 11.6 Å². The van der Waals surface area contributed by atoms with E-state index in [9.17, 15) is 18.0 Å². The minimum absolute atomic E-state index is 0.0000378. The van der Waals surface area contributed by atoms with Crippen LogP contribution < -0.4 is 5.32 Å².